The average molecular weight is 201 g/mol. The van der Waals surface area contributed by atoms with Crippen LogP contribution in [0.2, 0.25) is 0 Å². The first kappa shape index (κ1) is 11.2. The topological polar surface area (TPSA) is 89.6 Å². The number of unbranched alkanes of at least 4 members (excludes halogenated alkanes) is 1. The van der Waals surface area contributed by atoms with Crippen LogP contribution in [0, 0.1) is 0 Å². The largest absolute Gasteiger partial charge is 0.408 e. The molecule has 0 aromatic heterocycles. The molecule has 0 unspecified atom stereocenters. The fourth-order valence-corrected chi connectivity index (χ4v) is 1.48. The van der Waals surface area contributed by atoms with Crippen molar-refractivity contribution in [1.82, 2.24) is 0 Å². The zero-order valence-corrected chi connectivity index (χ0v) is 7.53. The molecule has 0 fully saturated rings. The highest BCUT2D eigenvalue weighted by atomic mass is 32.3. The fraction of sp³-hybridized carbons (Fsp3) is 1.00. The Hall–Kier alpha value is 0.180. The Balaban J connectivity index is 3.16. The summed E-state index contributed by atoms with van der Waals surface area (Å²) in [6, 6.07) is 0. The van der Waals surface area contributed by atoms with E-state index in [0.29, 0.717) is 24.3 Å². The molecule has 68 valence electrons. The van der Waals surface area contributed by atoms with E-state index >= 15 is 0 Å². The van der Waals surface area contributed by atoms with Gasteiger partial charge in [-0.15, -0.1) is 0 Å². The van der Waals surface area contributed by atoms with Gasteiger partial charge in [0.25, 0.3) is 0 Å². The van der Waals surface area contributed by atoms with Crippen LogP contribution in [0.15, 0.2) is 0 Å². The van der Waals surface area contributed by atoms with Crippen molar-refractivity contribution in [2.24, 2.45) is 5.73 Å². The average Bonchev–Trinajstić information content (AvgIpc) is 1.85. The Kier molecular flexibility index (Phi) is 5.88. The molecule has 0 heterocycles. The van der Waals surface area contributed by atoms with Gasteiger partial charge in [-0.05, 0) is 19.4 Å². The second-order valence-electron chi connectivity index (χ2n) is 1.81. The Labute approximate surface area is 70.5 Å². The van der Waals surface area contributed by atoms with Gasteiger partial charge in [-0.2, -0.15) is 12.0 Å². The van der Waals surface area contributed by atoms with E-state index in [-0.39, 0.29) is 0 Å². The zero-order chi connectivity index (χ0) is 8.74. The molecule has 0 rings (SSSR count). The summed E-state index contributed by atoms with van der Waals surface area (Å²) in [6.45, 7) is 0.576. The van der Waals surface area contributed by atoms with Crippen molar-refractivity contribution in [3.8, 4) is 0 Å². The zero-order valence-electron chi connectivity index (χ0n) is 5.89. The molecule has 5 nitrogen and oxygen atoms in total. The van der Waals surface area contributed by atoms with Gasteiger partial charge in [0.1, 0.15) is 0 Å². The molecule has 0 bridgehead atoms. The minimum atomic E-state index is -4.28. The van der Waals surface area contributed by atoms with E-state index in [4.69, 9.17) is 10.3 Å². The predicted octanol–water partition coefficient (Wildman–Crippen LogP) is 0.193. The van der Waals surface area contributed by atoms with Crippen molar-refractivity contribution in [2.45, 2.75) is 12.8 Å². The third-order valence-corrected chi connectivity index (χ3v) is 2.34. The van der Waals surface area contributed by atoms with E-state index < -0.39 is 10.4 Å². The van der Waals surface area contributed by atoms with Gasteiger partial charge in [0.05, 0.1) is 0 Å². The second kappa shape index (κ2) is 5.78. The Bertz CT molecular complexity index is 179. The van der Waals surface area contributed by atoms with Crippen molar-refractivity contribution in [2.75, 3.05) is 12.3 Å². The number of rotatable bonds is 6. The van der Waals surface area contributed by atoms with Gasteiger partial charge in [0.15, 0.2) is 0 Å². The maximum absolute atomic E-state index is 9.95. The van der Waals surface area contributed by atoms with Crippen LogP contribution in [0.25, 0.3) is 0 Å². The predicted molar refractivity (Wildman–Crippen MR) is 43.4 cm³/mol. The molecule has 0 saturated heterocycles. The lowest BCUT2D eigenvalue weighted by Crippen LogP contribution is -2.00. The number of hydrogen-bond donors (Lipinski definition) is 2. The minimum absolute atomic E-state index is 0.511. The lowest BCUT2D eigenvalue weighted by Gasteiger charge is -1.96. The van der Waals surface area contributed by atoms with E-state index in [1.54, 1.807) is 0 Å². The molecule has 0 radical (unpaired) electrons. The first-order valence-corrected chi connectivity index (χ1v) is 5.32. The molecule has 0 aliphatic carbocycles. The smallest absolute Gasteiger partial charge is 0.330 e. The highest BCUT2D eigenvalue weighted by Gasteiger charge is 2.03. The minimum Gasteiger partial charge on any atom is -0.330 e. The molecule has 0 aliphatic rings. The first-order valence-electron chi connectivity index (χ1n) is 3.05. The lowest BCUT2D eigenvalue weighted by atomic mass is 10.3. The van der Waals surface area contributed by atoms with Crippen LogP contribution < -0.4 is 5.73 Å². The molecule has 0 atom stereocenters. The van der Waals surface area contributed by atoms with Gasteiger partial charge >= 0.3 is 10.4 Å². The molecule has 11 heavy (non-hydrogen) atoms. The third kappa shape index (κ3) is 10.2. The summed E-state index contributed by atoms with van der Waals surface area (Å²) in [5, 5.41) is 0. The fourth-order valence-electron chi connectivity index (χ4n) is 0.400. The van der Waals surface area contributed by atoms with E-state index in [0.717, 1.165) is 12.8 Å². The lowest BCUT2D eigenvalue weighted by molar-refractivity contribution is 0.407. The molecular formula is C4H11NO4S2. The highest BCUT2D eigenvalue weighted by Crippen LogP contribution is 2.08. The van der Waals surface area contributed by atoms with E-state index in [1.165, 1.54) is 0 Å². The summed E-state index contributed by atoms with van der Waals surface area (Å²) in [5.41, 5.74) is 5.18. The number of hydrogen-bond acceptors (Lipinski definition) is 5. The molecule has 0 saturated carbocycles. The molecule has 0 amide bonds. The van der Waals surface area contributed by atoms with Gasteiger partial charge < -0.3 is 5.73 Å². The Morgan fingerprint density at radius 1 is 1.45 bits per heavy atom. The maximum atomic E-state index is 9.95. The summed E-state index contributed by atoms with van der Waals surface area (Å²) < 4.78 is 32.0. The van der Waals surface area contributed by atoms with Crippen LogP contribution in [-0.2, 0) is 14.0 Å². The summed E-state index contributed by atoms with van der Waals surface area (Å²) in [4.78, 5) is 0. The van der Waals surface area contributed by atoms with Crippen LogP contribution >= 0.6 is 12.0 Å². The van der Waals surface area contributed by atoms with Crippen LogP contribution in [0.4, 0.5) is 0 Å². The van der Waals surface area contributed by atoms with E-state index in [1.807, 2.05) is 0 Å². The molecular weight excluding hydrogens is 190 g/mol. The Morgan fingerprint density at radius 2 is 2.09 bits per heavy atom. The second-order valence-corrected chi connectivity index (χ2v) is 3.86. The first-order chi connectivity index (χ1) is 5.06. The quantitative estimate of drug-likeness (QED) is 0.362. The van der Waals surface area contributed by atoms with Crippen molar-refractivity contribution < 1.29 is 16.6 Å². The Morgan fingerprint density at radius 3 is 2.55 bits per heavy atom. The summed E-state index contributed by atoms with van der Waals surface area (Å²) in [6.07, 6.45) is 1.60. The molecule has 7 heteroatoms. The van der Waals surface area contributed by atoms with Gasteiger partial charge in [-0.3, -0.25) is 4.55 Å². The van der Waals surface area contributed by atoms with Gasteiger partial charge in [0.2, 0.25) is 0 Å². The van der Waals surface area contributed by atoms with E-state index in [9.17, 15) is 8.42 Å². The van der Waals surface area contributed by atoms with Crippen LogP contribution in [-0.4, -0.2) is 25.3 Å². The van der Waals surface area contributed by atoms with Crippen LogP contribution in [0.1, 0.15) is 12.8 Å². The molecule has 0 spiro atoms. The summed E-state index contributed by atoms with van der Waals surface area (Å²) >= 11 is 0.707. The van der Waals surface area contributed by atoms with Crippen molar-refractivity contribution in [3.63, 3.8) is 0 Å². The van der Waals surface area contributed by atoms with Crippen LogP contribution in [0.3, 0.4) is 0 Å². The normalized spacial score (nSPS) is 11.8. The van der Waals surface area contributed by atoms with Crippen molar-refractivity contribution >= 4 is 22.4 Å². The highest BCUT2D eigenvalue weighted by molar-refractivity contribution is 8.02. The third-order valence-electron chi connectivity index (χ3n) is 0.816. The molecule has 3 N–H and O–H groups in total. The molecule has 0 aliphatic heterocycles. The molecule has 0 aromatic carbocycles. The monoisotopic (exact) mass is 201 g/mol. The van der Waals surface area contributed by atoms with Gasteiger partial charge in [-0.25, -0.2) is 0 Å². The maximum Gasteiger partial charge on any atom is 0.408 e. The standard InChI is InChI=1S/C4H11NO4S2/c5-3-1-2-4-10-9-11(6,7)8/h1-5H2,(H,6,7,8). The summed E-state index contributed by atoms with van der Waals surface area (Å²) in [7, 11) is -4.28. The van der Waals surface area contributed by atoms with Crippen LogP contribution in [0.5, 0.6) is 0 Å². The van der Waals surface area contributed by atoms with Gasteiger partial charge in [0, 0.05) is 17.8 Å². The SMILES string of the molecule is NCCCCSOS(=O)(=O)O. The van der Waals surface area contributed by atoms with Crippen molar-refractivity contribution in [3.05, 3.63) is 0 Å². The molecule has 0 aromatic rings. The van der Waals surface area contributed by atoms with E-state index in [2.05, 4.69) is 3.63 Å². The number of nitrogens with two attached hydrogens (primary N) is 1. The van der Waals surface area contributed by atoms with Gasteiger partial charge in [-0.1, -0.05) is 0 Å². The summed E-state index contributed by atoms with van der Waals surface area (Å²) in [5.74, 6) is 0.511. The van der Waals surface area contributed by atoms with Crippen molar-refractivity contribution in [1.29, 1.82) is 0 Å².